The summed E-state index contributed by atoms with van der Waals surface area (Å²) in [6.07, 6.45) is 2.13. The maximum Gasteiger partial charge on any atom is 0.0922 e. The molecule has 0 aromatic carbocycles. The maximum atomic E-state index is 5.28. The van der Waals surface area contributed by atoms with Gasteiger partial charge >= 0.3 is 0 Å². The number of allylic oxidation sites excluding steroid dienone is 1. The zero-order valence-corrected chi connectivity index (χ0v) is 5.57. The molecular weight excluding hydrogens is 100 g/mol. The van der Waals surface area contributed by atoms with Crippen molar-refractivity contribution in [3.05, 3.63) is 11.4 Å². The molecule has 0 radical (unpaired) electrons. The van der Waals surface area contributed by atoms with Crippen molar-refractivity contribution in [2.45, 2.75) is 26.7 Å². The minimum Gasteiger partial charge on any atom is -0.386 e. The van der Waals surface area contributed by atoms with Crippen molar-refractivity contribution in [3.8, 4) is 0 Å². The Morgan fingerprint density at radius 2 is 1.88 bits per heavy atom. The van der Waals surface area contributed by atoms with Crippen LogP contribution in [0.1, 0.15) is 26.7 Å². The monoisotopic (exact) mass is 114 g/mol. The van der Waals surface area contributed by atoms with Gasteiger partial charge in [0.1, 0.15) is 0 Å². The summed E-state index contributed by atoms with van der Waals surface area (Å²) in [4.78, 5) is 0. The Morgan fingerprint density at radius 3 is 2.00 bits per heavy atom. The molecule has 0 saturated carbocycles. The van der Waals surface area contributed by atoms with Crippen molar-refractivity contribution in [3.63, 3.8) is 0 Å². The van der Waals surface area contributed by atoms with Gasteiger partial charge in [-0.3, -0.25) is 0 Å². The Morgan fingerprint density at radius 1 is 1.38 bits per heavy atom. The van der Waals surface area contributed by atoms with E-state index in [-0.39, 0.29) is 0 Å². The van der Waals surface area contributed by atoms with E-state index in [2.05, 4.69) is 6.92 Å². The van der Waals surface area contributed by atoms with Crippen LogP contribution in [0.2, 0.25) is 0 Å². The first-order valence-corrected chi connectivity index (χ1v) is 2.89. The SMILES string of the molecule is CCCC(C)=C(N)N. The first kappa shape index (κ1) is 7.34. The Bertz CT molecular complexity index is 90.7. The average Bonchev–Trinajstić information content (AvgIpc) is 1.67. The number of rotatable bonds is 2. The lowest BCUT2D eigenvalue weighted by atomic mass is 10.2. The van der Waals surface area contributed by atoms with Crippen LogP contribution in [0.5, 0.6) is 0 Å². The molecule has 2 nitrogen and oxygen atoms in total. The number of hydrogen-bond acceptors (Lipinski definition) is 2. The van der Waals surface area contributed by atoms with Gasteiger partial charge in [-0.25, -0.2) is 0 Å². The van der Waals surface area contributed by atoms with Crippen molar-refractivity contribution in [1.29, 1.82) is 0 Å². The van der Waals surface area contributed by atoms with E-state index in [0.717, 1.165) is 18.4 Å². The van der Waals surface area contributed by atoms with E-state index < -0.39 is 0 Å². The van der Waals surface area contributed by atoms with E-state index in [1.165, 1.54) is 0 Å². The van der Waals surface area contributed by atoms with Gasteiger partial charge in [0.2, 0.25) is 0 Å². The smallest absolute Gasteiger partial charge is 0.0922 e. The first-order valence-electron chi connectivity index (χ1n) is 2.89. The predicted molar refractivity (Wildman–Crippen MR) is 36.0 cm³/mol. The molecule has 0 heterocycles. The van der Waals surface area contributed by atoms with E-state index in [4.69, 9.17) is 11.5 Å². The summed E-state index contributed by atoms with van der Waals surface area (Å²) in [6, 6.07) is 0. The second-order valence-corrected chi connectivity index (χ2v) is 1.99. The van der Waals surface area contributed by atoms with E-state index in [0.29, 0.717) is 5.82 Å². The Hall–Kier alpha value is -0.660. The Labute approximate surface area is 50.6 Å². The molecule has 2 heteroatoms. The van der Waals surface area contributed by atoms with Gasteiger partial charge in [0.15, 0.2) is 0 Å². The van der Waals surface area contributed by atoms with E-state index >= 15 is 0 Å². The van der Waals surface area contributed by atoms with Crippen LogP contribution in [0.4, 0.5) is 0 Å². The molecule has 0 rings (SSSR count). The summed E-state index contributed by atoms with van der Waals surface area (Å²) in [6.45, 7) is 4.06. The van der Waals surface area contributed by atoms with Crippen LogP contribution < -0.4 is 11.5 Å². The molecule has 0 aliphatic heterocycles. The van der Waals surface area contributed by atoms with Crippen molar-refractivity contribution < 1.29 is 0 Å². The summed E-state index contributed by atoms with van der Waals surface area (Å²) in [7, 11) is 0. The van der Waals surface area contributed by atoms with Gasteiger partial charge in [-0.2, -0.15) is 0 Å². The minimum atomic E-state index is 0.479. The molecule has 0 fully saturated rings. The second kappa shape index (κ2) is 3.36. The molecule has 4 N–H and O–H groups in total. The van der Waals surface area contributed by atoms with Gasteiger partial charge < -0.3 is 11.5 Å². The van der Waals surface area contributed by atoms with Crippen LogP contribution in [-0.2, 0) is 0 Å². The maximum absolute atomic E-state index is 5.28. The topological polar surface area (TPSA) is 52.0 Å². The fourth-order valence-electron chi connectivity index (χ4n) is 0.519. The molecule has 0 saturated heterocycles. The summed E-state index contributed by atoms with van der Waals surface area (Å²) >= 11 is 0. The minimum absolute atomic E-state index is 0.479. The van der Waals surface area contributed by atoms with Gasteiger partial charge in [-0.15, -0.1) is 0 Å². The second-order valence-electron chi connectivity index (χ2n) is 1.99. The zero-order valence-electron chi connectivity index (χ0n) is 5.57. The van der Waals surface area contributed by atoms with Gasteiger partial charge in [-0.1, -0.05) is 13.3 Å². The Kier molecular flexibility index (Phi) is 3.08. The summed E-state index contributed by atoms with van der Waals surface area (Å²) in [5, 5.41) is 0. The van der Waals surface area contributed by atoms with Crippen LogP contribution in [0, 0.1) is 0 Å². The molecule has 0 bridgehead atoms. The highest BCUT2D eigenvalue weighted by Crippen LogP contribution is 2.01. The molecule has 0 aliphatic carbocycles. The molecule has 0 atom stereocenters. The third kappa shape index (κ3) is 2.50. The van der Waals surface area contributed by atoms with Crippen molar-refractivity contribution in [1.82, 2.24) is 0 Å². The highest BCUT2D eigenvalue weighted by molar-refractivity contribution is 5.03. The highest BCUT2D eigenvalue weighted by atomic mass is 14.8. The van der Waals surface area contributed by atoms with Crippen LogP contribution in [-0.4, -0.2) is 0 Å². The molecule has 0 aromatic heterocycles. The Balaban J connectivity index is 3.62. The summed E-state index contributed by atoms with van der Waals surface area (Å²) < 4.78 is 0. The predicted octanol–water partition coefficient (Wildman–Crippen LogP) is 0.935. The lowest BCUT2D eigenvalue weighted by Crippen LogP contribution is -2.10. The largest absolute Gasteiger partial charge is 0.386 e. The molecule has 48 valence electrons. The van der Waals surface area contributed by atoms with E-state index in [1.54, 1.807) is 0 Å². The zero-order chi connectivity index (χ0) is 6.57. The van der Waals surface area contributed by atoms with E-state index in [9.17, 15) is 0 Å². The normalized spacial score (nSPS) is 8.75. The number of nitrogens with two attached hydrogens (primary N) is 2. The van der Waals surface area contributed by atoms with Crippen LogP contribution in [0.3, 0.4) is 0 Å². The molecule has 0 unspecified atom stereocenters. The van der Waals surface area contributed by atoms with Gasteiger partial charge in [-0.05, 0) is 18.9 Å². The van der Waals surface area contributed by atoms with E-state index in [1.807, 2.05) is 6.92 Å². The summed E-state index contributed by atoms with van der Waals surface area (Å²) in [5.41, 5.74) is 11.7. The third-order valence-corrected chi connectivity index (χ3v) is 1.12. The third-order valence-electron chi connectivity index (χ3n) is 1.12. The van der Waals surface area contributed by atoms with Gasteiger partial charge in [0.25, 0.3) is 0 Å². The lowest BCUT2D eigenvalue weighted by Gasteiger charge is -1.98. The standard InChI is InChI=1S/C6H14N2/c1-3-4-5(2)6(7)8/h3-4,7-8H2,1-2H3. The van der Waals surface area contributed by atoms with Gasteiger partial charge in [0.05, 0.1) is 5.82 Å². The quantitative estimate of drug-likeness (QED) is 0.561. The molecule has 0 aliphatic rings. The van der Waals surface area contributed by atoms with Crippen LogP contribution in [0.25, 0.3) is 0 Å². The fourth-order valence-corrected chi connectivity index (χ4v) is 0.519. The highest BCUT2D eigenvalue weighted by Gasteiger charge is 1.88. The number of hydrogen-bond donors (Lipinski definition) is 2. The summed E-state index contributed by atoms with van der Waals surface area (Å²) in [5.74, 6) is 0.479. The van der Waals surface area contributed by atoms with Crippen LogP contribution >= 0.6 is 0 Å². The van der Waals surface area contributed by atoms with Crippen molar-refractivity contribution >= 4 is 0 Å². The van der Waals surface area contributed by atoms with Crippen molar-refractivity contribution in [2.24, 2.45) is 11.5 Å². The molecule has 0 spiro atoms. The fraction of sp³-hybridized carbons (Fsp3) is 0.667. The van der Waals surface area contributed by atoms with Crippen LogP contribution in [0.15, 0.2) is 11.4 Å². The average molecular weight is 114 g/mol. The molecule has 0 aromatic rings. The lowest BCUT2D eigenvalue weighted by molar-refractivity contribution is 0.882. The van der Waals surface area contributed by atoms with Gasteiger partial charge in [0, 0.05) is 0 Å². The molecule has 8 heavy (non-hydrogen) atoms. The molecular formula is C6H14N2. The first-order chi connectivity index (χ1) is 3.68. The molecule has 0 amide bonds. The van der Waals surface area contributed by atoms with Crippen molar-refractivity contribution in [2.75, 3.05) is 0 Å².